The van der Waals surface area contributed by atoms with Gasteiger partial charge in [-0.15, -0.1) is 0 Å². The maximum Gasteiger partial charge on any atom is 0.137 e. The van der Waals surface area contributed by atoms with Crippen molar-refractivity contribution in [1.82, 2.24) is 10.3 Å². The molecule has 6 nitrogen and oxygen atoms in total. The zero-order valence-corrected chi connectivity index (χ0v) is 13.0. The van der Waals surface area contributed by atoms with Crippen molar-refractivity contribution in [2.75, 3.05) is 53.3 Å². The number of hydrogen-bond acceptors (Lipinski definition) is 6. The van der Waals surface area contributed by atoms with Gasteiger partial charge in [0.2, 0.25) is 0 Å². The van der Waals surface area contributed by atoms with Gasteiger partial charge in [0.1, 0.15) is 12.4 Å². The van der Waals surface area contributed by atoms with Gasteiger partial charge in [-0.05, 0) is 18.7 Å². The third-order valence-electron chi connectivity index (χ3n) is 2.65. The smallest absolute Gasteiger partial charge is 0.137 e. The molecule has 0 fully saturated rings. The van der Waals surface area contributed by atoms with E-state index < -0.39 is 0 Å². The molecule has 0 unspecified atom stereocenters. The molecule has 0 aliphatic carbocycles. The summed E-state index contributed by atoms with van der Waals surface area (Å²) in [6.07, 6.45) is 1.74. The van der Waals surface area contributed by atoms with Gasteiger partial charge in [-0.1, -0.05) is 6.92 Å². The summed E-state index contributed by atoms with van der Waals surface area (Å²) < 4.78 is 21.1. The maximum absolute atomic E-state index is 5.54. The summed E-state index contributed by atoms with van der Waals surface area (Å²) in [4.78, 5) is 4.31. The molecule has 0 aliphatic rings. The Balaban J connectivity index is 1.99. The number of ether oxygens (including phenoxy) is 4. The van der Waals surface area contributed by atoms with Crippen molar-refractivity contribution in [3.63, 3.8) is 0 Å². The monoisotopic (exact) mass is 298 g/mol. The van der Waals surface area contributed by atoms with Crippen molar-refractivity contribution in [3.05, 3.63) is 24.0 Å². The van der Waals surface area contributed by atoms with Crippen LogP contribution < -0.4 is 10.1 Å². The molecule has 1 N–H and O–H groups in total. The average Bonchev–Trinajstić information content (AvgIpc) is 2.52. The van der Waals surface area contributed by atoms with E-state index in [2.05, 4.69) is 17.2 Å². The molecule has 1 aromatic heterocycles. The number of nitrogens with one attached hydrogen (secondary N) is 1. The summed E-state index contributed by atoms with van der Waals surface area (Å²) in [6.45, 7) is 7.17. The Morgan fingerprint density at radius 1 is 1.00 bits per heavy atom. The SMILES string of the molecule is CCNCc1ccc(OCCOCCOCCOC)cn1. The van der Waals surface area contributed by atoms with Gasteiger partial charge >= 0.3 is 0 Å². The quantitative estimate of drug-likeness (QED) is 0.553. The molecule has 21 heavy (non-hydrogen) atoms. The highest BCUT2D eigenvalue weighted by Gasteiger charge is 1.97. The minimum atomic E-state index is 0.506. The van der Waals surface area contributed by atoms with Crippen LogP contribution in [0.4, 0.5) is 0 Å². The van der Waals surface area contributed by atoms with Gasteiger partial charge in [-0.3, -0.25) is 4.98 Å². The van der Waals surface area contributed by atoms with Crippen molar-refractivity contribution in [1.29, 1.82) is 0 Å². The van der Waals surface area contributed by atoms with Gasteiger partial charge < -0.3 is 24.3 Å². The Morgan fingerprint density at radius 2 is 1.71 bits per heavy atom. The second kappa shape index (κ2) is 12.5. The fourth-order valence-electron chi connectivity index (χ4n) is 1.54. The van der Waals surface area contributed by atoms with Crippen molar-refractivity contribution in [2.45, 2.75) is 13.5 Å². The van der Waals surface area contributed by atoms with Crippen LogP contribution in [0.2, 0.25) is 0 Å². The molecule has 0 aromatic carbocycles. The number of aromatic nitrogens is 1. The molecule has 6 heteroatoms. The first kappa shape index (κ1) is 17.8. The van der Waals surface area contributed by atoms with Gasteiger partial charge in [0.15, 0.2) is 0 Å². The van der Waals surface area contributed by atoms with Gasteiger partial charge in [0.25, 0.3) is 0 Å². The summed E-state index contributed by atoms with van der Waals surface area (Å²) in [7, 11) is 1.65. The molecule has 0 spiro atoms. The first-order valence-electron chi connectivity index (χ1n) is 7.29. The van der Waals surface area contributed by atoms with Crippen molar-refractivity contribution in [3.8, 4) is 5.75 Å². The molecule has 0 bridgehead atoms. The number of pyridine rings is 1. The van der Waals surface area contributed by atoms with Crippen LogP contribution in [-0.4, -0.2) is 58.3 Å². The predicted octanol–water partition coefficient (Wildman–Crippen LogP) is 1.25. The third-order valence-corrected chi connectivity index (χ3v) is 2.65. The Morgan fingerprint density at radius 3 is 2.33 bits per heavy atom. The zero-order valence-electron chi connectivity index (χ0n) is 13.0. The third kappa shape index (κ3) is 9.36. The highest BCUT2D eigenvalue weighted by Crippen LogP contribution is 2.08. The van der Waals surface area contributed by atoms with E-state index in [1.165, 1.54) is 0 Å². The van der Waals surface area contributed by atoms with Gasteiger partial charge in [0.05, 0.1) is 44.9 Å². The number of rotatable bonds is 13. The first-order valence-corrected chi connectivity index (χ1v) is 7.29. The van der Waals surface area contributed by atoms with Crippen LogP contribution in [0.1, 0.15) is 12.6 Å². The van der Waals surface area contributed by atoms with E-state index in [1.54, 1.807) is 13.3 Å². The lowest BCUT2D eigenvalue weighted by Crippen LogP contribution is -2.13. The van der Waals surface area contributed by atoms with Crippen molar-refractivity contribution in [2.24, 2.45) is 0 Å². The fourth-order valence-corrected chi connectivity index (χ4v) is 1.54. The Bertz CT molecular complexity index is 346. The lowest BCUT2D eigenvalue weighted by molar-refractivity contribution is 0.0179. The molecule has 0 aliphatic heterocycles. The highest BCUT2D eigenvalue weighted by molar-refractivity contribution is 5.19. The number of nitrogens with zero attached hydrogens (tertiary/aromatic N) is 1. The molecular weight excluding hydrogens is 272 g/mol. The second-order valence-electron chi connectivity index (χ2n) is 4.33. The Hall–Kier alpha value is -1.21. The molecule has 1 aromatic rings. The number of hydrogen-bond donors (Lipinski definition) is 1. The standard InChI is InChI=1S/C15H26N2O4/c1-3-16-12-14-4-5-15(13-17-14)21-11-10-20-9-8-19-7-6-18-2/h4-5,13,16H,3,6-12H2,1-2H3. The lowest BCUT2D eigenvalue weighted by Gasteiger charge is -2.08. The normalized spacial score (nSPS) is 10.8. The average molecular weight is 298 g/mol. The summed E-state index contributed by atoms with van der Waals surface area (Å²) in [5, 5.41) is 3.23. The van der Waals surface area contributed by atoms with Crippen LogP contribution in [0.15, 0.2) is 18.3 Å². The molecule has 0 atom stereocenters. The first-order chi connectivity index (χ1) is 10.4. The maximum atomic E-state index is 5.54. The van der Waals surface area contributed by atoms with Crippen LogP contribution in [0.5, 0.6) is 5.75 Å². The molecular formula is C15H26N2O4. The van der Waals surface area contributed by atoms with E-state index in [0.29, 0.717) is 39.6 Å². The van der Waals surface area contributed by atoms with E-state index in [4.69, 9.17) is 18.9 Å². The van der Waals surface area contributed by atoms with Gasteiger partial charge in [-0.25, -0.2) is 0 Å². The van der Waals surface area contributed by atoms with Crippen LogP contribution >= 0.6 is 0 Å². The molecule has 1 heterocycles. The van der Waals surface area contributed by atoms with Crippen LogP contribution in [0.25, 0.3) is 0 Å². The summed E-state index contributed by atoms with van der Waals surface area (Å²) in [5.74, 6) is 0.759. The van der Waals surface area contributed by atoms with E-state index in [9.17, 15) is 0 Å². The Labute approximate surface area is 126 Å². The molecule has 0 saturated heterocycles. The highest BCUT2D eigenvalue weighted by atomic mass is 16.6. The second-order valence-corrected chi connectivity index (χ2v) is 4.33. The van der Waals surface area contributed by atoms with Crippen molar-refractivity contribution >= 4 is 0 Å². The molecule has 0 saturated carbocycles. The van der Waals surface area contributed by atoms with Gasteiger partial charge in [-0.2, -0.15) is 0 Å². The van der Waals surface area contributed by atoms with E-state index >= 15 is 0 Å². The summed E-state index contributed by atoms with van der Waals surface area (Å²) in [6, 6.07) is 3.88. The van der Waals surface area contributed by atoms with Crippen molar-refractivity contribution < 1.29 is 18.9 Å². The van der Waals surface area contributed by atoms with E-state index in [0.717, 1.165) is 24.5 Å². The minimum absolute atomic E-state index is 0.506. The lowest BCUT2D eigenvalue weighted by atomic mass is 10.3. The van der Waals surface area contributed by atoms with Crippen LogP contribution in [0.3, 0.4) is 0 Å². The predicted molar refractivity (Wildman–Crippen MR) is 80.6 cm³/mol. The van der Waals surface area contributed by atoms with Crippen LogP contribution in [-0.2, 0) is 20.8 Å². The van der Waals surface area contributed by atoms with Crippen LogP contribution in [0, 0.1) is 0 Å². The molecule has 0 radical (unpaired) electrons. The zero-order chi connectivity index (χ0) is 15.2. The van der Waals surface area contributed by atoms with Gasteiger partial charge in [0, 0.05) is 13.7 Å². The summed E-state index contributed by atoms with van der Waals surface area (Å²) in [5.41, 5.74) is 1.01. The molecule has 0 amide bonds. The molecule has 120 valence electrons. The number of methoxy groups -OCH3 is 1. The fraction of sp³-hybridized carbons (Fsp3) is 0.667. The minimum Gasteiger partial charge on any atom is -0.490 e. The topological polar surface area (TPSA) is 61.8 Å². The van der Waals surface area contributed by atoms with E-state index in [-0.39, 0.29) is 0 Å². The Kier molecular flexibility index (Phi) is 10.6. The molecule has 1 rings (SSSR count). The largest absolute Gasteiger partial charge is 0.490 e. The van der Waals surface area contributed by atoms with E-state index in [1.807, 2.05) is 12.1 Å². The summed E-state index contributed by atoms with van der Waals surface area (Å²) >= 11 is 0.